The fraction of sp³-hybridized carbons (Fsp3) is 0.111. The summed E-state index contributed by atoms with van der Waals surface area (Å²) in [6.45, 7) is 0. The number of aromatic nitrogens is 4. The van der Waals surface area contributed by atoms with Gasteiger partial charge in [0.25, 0.3) is 5.82 Å². The number of pyridine rings is 1. The van der Waals surface area contributed by atoms with Crippen molar-refractivity contribution >= 4 is 17.6 Å². The smallest absolute Gasteiger partial charge is 0.377 e. The van der Waals surface area contributed by atoms with Gasteiger partial charge >= 0.3 is 5.97 Å². The minimum absolute atomic E-state index is 0.0182. The number of hydrogen-bond acceptors (Lipinski definition) is 5. The standard InChI is InChI=1S/C9H7ClN4O2/c1-16-9(15)8-12-5-14(13-8)7-2-3-11-4-6(7)10/h2-5H,1H3. The summed E-state index contributed by atoms with van der Waals surface area (Å²) in [7, 11) is 1.27. The molecule has 0 saturated carbocycles. The van der Waals surface area contributed by atoms with E-state index in [9.17, 15) is 4.79 Å². The number of carbonyl (C=O) groups is 1. The van der Waals surface area contributed by atoms with Crippen LogP contribution in [0.3, 0.4) is 0 Å². The highest BCUT2D eigenvalue weighted by atomic mass is 35.5. The third kappa shape index (κ3) is 1.87. The summed E-state index contributed by atoms with van der Waals surface area (Å²) in [5.74, 6) is -0.612. The van der Waals surface area contributed by atoms with Crippen molar-refractivity contribution in [3.8, 4) is 5.69 Å². The average Bonchev–Trinajstić information content (AvgIpc) is 2.78. The minimum Gasteiger partial charge on any atom is -0.463 e. The molecule has 0 unspecified atom stereocenters. The van der Waals surface area contributed by atoms with Crippen LogP contribution in [0.25, 0.3) is 5.69 Å². The third-order valence-corrected chi connectivity index (χ3v) is 2.15. The predicted octanol–water partition coefficient (Wildman–Crippen LogP) is 1.10. The molecule has 0 fully saturated rings. The number of methoxy groups -OCH3 is 1. The van der Waals surface area contributed by atoms with E-state index in [0.717, 1.165) is 0 Å². The molecule has 0 aromatic carbocycles. The Morgan fingerprint density at radius 3 is 3.06 bits per heavy atom. The van der Waals surface area contributed by atoms with Crippen LogP contribution in [0, 0.1) is 0 Å². The molecule has 7 heteroatoms. The lowest BCUT2D eigenvalue weighted by Gasteiger charge is -2.00. The number of halogens is 1. The molecule has 0 saturated heterocycles. The lowest BCUT2D eigenvalue weighted by Crippen LogP contribution is -2.05. The second-order valence-electron chi connectivity index (χ2n) is 2.83. The summed E-state index contributed by atoms with van der Waals surface area (Å²) in [6.07, 6.45) is 4.44. The van der Waals surface area contributed by atoms with Crippen LogP contribution in [0.5, 0.6) is 0 Å². The Hall–Kier alpha value is -1.95. The second-order valence-corrected chi connectivity index (χ2v) is 3.24. The van der Waals surface area contributed by atoms with Gasteiger partial charge in [0, 0.05) is 12.4 Å². The van der Waals surface area contributed by atoms with Gasteiger partial charge in [-0.05, 0) is 6.07 Å². The van der Waals surface area contributed by atoms with Gasteiger partial charge < -0.3 is 4.74 Å². The zero-order chi connectivity index (χ0) is 11.5. The Balaban J connectivity index is 2.39. The number of hydrogen-bond donors (Lipinski definition) is 0. The summed E-state index contributed by atoms with van der Waals surface area (Å²) in [4.78, 5) is 18.8. The number of rotatable bonds is 2. The molecule has 0 spiro atoms. The van der Waals surface area contributed by atoms with Crippen LogP contribution in [0.1, 0.15) is 10.6 Å². The molecule has 2 heterocycles. The molecule has 82 valence electrons. The Kier molecular flexibility index (Phi) is 2.82. The molecular formula is C9H7ClN4O2. The van der Waals surface area contributed by atoms with E-state index in [0.29, 0.717) is 10.7 Å². The van der Waals surface area contributed by atoms with Crippen molar-refractivity contribution in [1.82, 2.24) is 19.7 Å². The van der Waals surface area contributed by atoms with Crippen molar-refractivity contribution in [2.24, 2.45) is 0 Å². The Bertz CT molecular complexity index is 526. The molecule has 0 bridgehead atoms. The second kappa shape index (κ2) is 4.28. The first-order chi connectivity index (χ1) is 7.72. The van der Waals surface area contributed by atoms with Crippen LogP contribution >= 0.6 is 11.6 Å². The first-order valence-electron chi connectivity index (χ1n) is 4.32. The topological polar surface area (TPSA) is 69.9 Å². The van der Waals surface area contributed by atoms with Crippen molar-refractivity contribution in [2.45, 2.75) is 0 Å². The van der Waals surface area contributed by atoms with Gasteiger partial charge in [-0.25, -0.2) is 14.5 Å². The van der Waals surface area contributed by atoms with Crippen LogP contribution in [0.15, 0.2) is 24.8 Å². The largest absolute Gasteiger partial charge is 0.463 e. The summed E-state index contributed by atoms with van der Waals surface area (Å²) in [5, 5.41) is 4.35. The average molecular weight is 239 g/mol. The van der Waals surface area contributed by atoms with E-state index in [4.69, 9.17) is 11.6 Å². The van der Waals surface area contributed by atoms with Gasteiger partial charge in [0.05, 0.1) is 17.8 Å². The van der Waals surface area contributed by atoms with Gasteiger partial charge in [0.15, 0.2) is 0 Å². The number of esters is 1. The van der Waals surface area contributed by atoms with Crippen LogP contribution in [-0.4, -0.2) is 32.8 Å². The molecule has 0 aliphatic rings. The molecule has 2 aromatic heterocycles. The maximum Gasteiger partial charge on any atom is 0.377 e. The molecule has 0 radical (unpaired) electrons. The highest BCUT2D eigenvalue weighted by molar-refractivity contribution is 6.32. The van der Waals surface area contributed by atoms with Crippen molar-refractivity contribution in [2.75, 3.05) is 7.11 Å². The molecule has 0 aliphatic carbocycles. The SMILES string of the molecule is COC(=O)c1ncn(-c2ccncc2Cl)n1. The number of carbonyl (C=O) groups excluding carboxylic acids is 1. The maximum absolute atomic E-state index is 11.1. The lowest BCUT2D eigenvalue weighted by molar-refractivity contribution is 0.0587. The highest BCUT2D eigenvalue weighted by Crippen LogP contribution is 2.17. The number of nitrogens with zero attached hydrogens (tertiary/aromatic N) is 4. The summed E-state index contributed by atoms with van der Waals surface area (Å²) < 4.78 is 5.88. The summed E-state index contributed by atoms with van der Waals surface area (Å²) >= 11 is 5.91. The molecule has 0 amide bonds. The Labute approximate surface area is 95.8 Å². The van der Waals surface area contributed by atoms with E-state index in [2.05, 4.69) is 19.8 Å². The fourth-order valence-corrected chi connectivity index (χ4v) is 1.32. The molecule has 0 N–H and O–H groups in total. The first kappa shape index (κ1) is 10.6. The van der Waals surface area contributed by atoms with Gasteiger partial charge in [0.2, 0.25) is 0 Å². The van der Waals surface area contributed by atoms with Gasteiger partial charge in [-0.2, -0.15) is 0 Å². The van der Waals surface area contributed by atoms with E-state index < -0.39 is 5.97 Å². The quantitative estimate of drug-likeness (QED) is 0.733. The van der Waals surface area contributed by atoms with Gasteiger partial charge in [0.1, 0.15) is 6.33 Å². The van der Waals surface area contributed by atoms with Gasteiger partial charge in [-0.15, -0.1) is 5.10 Å². The monoisotopic (exact) mass is 238 g/mol. The summed E-state index contributed by atoms with van der Waals surface area (Å²) in [5.41, 5.74) is 0.597. The molecule has 16 heavy (non-hydrogen) atoms. The first-order valence-corrected chi connectivity index (χ1v) is 4.70. The van der Waals surface area contributed by atoms with Crippen LogP contribution in [0.2, 0.25) is 5.02 Å². The number of ether oxygens (including phenoxy) is 1. The molecule has 2 aromatic rings. The van der Waals surface area contributed by atoms with Crippen molar-refractivity contribution < 1.29 is 9.53 Å². The Morgan fingerprint density at radius 2 is 2.38 bits per heavy atom. The zero-order valence-electron chi connectivity index (χ0n) is 8.29. The third-order valence-electron chi connectivity index (χ3n) is 1.86. The van der Waals surface area contributed by atoms with Crippen LogP contribution < -0.4 is 0 Å². The maximum atomic E-state index is 11.1. The fourth-order valence-electron chi connectivity index (χ4n) is 1.12. The van der Waals surface area contributed by atoms with E-state index in [-0.39, 0.29) is 5.82 Å². The van der Waals surface area contributed by atoms with Gasteiger partial charge in [-0.3, -0.25) is 4.98 Å². The molecule has 6 nitrogen and oxygen atoms in total. The van der Waals surface area contributed by atoms with Crippen LogP contribution in [0.4, 0.5) is 0 Å². The molecule has 0 atom stereocenters. The van der Waals surface area contributed by atoms with Gasteiger partial charge in [-0.1, -0.05) is 11.6 Å². The molecule has 2 rings (SSSR count). The zero-order valence-corrected chi connectivity index (χ0v) is 9.05. The van der Waals surface area contributed by atoms with E-state index in [1.165, 1.54) is 24.3 Å². The minimum atomic E-state index is -0.594. The molecular weight excluding hydrogens is 232 g/mol. The van der Waals surface area contributed by atoms with Crippen molar-refractivity contribution in [3.63, 3.8) is 0 Å². The Morgan fingerprint density at radius 1 is 1.56 bits per heavy atom. The van der Waals surface area contributed by atoms with E-state index in [1.54, 1.807) is 12.3 Å². The predicted molar refractivity (Wildman–Crippen MR) is 55.5 cm³/mol. The normalized spacial score (nSPS) is 10.1. The van der Waals surface area contributed by atoms with Crippen molar-refractivity contribution in [1.29, 1.82) is 0 Å². The molecule has 0 aliphatic heterocycles. The van der Waals surface area contributed by atoms with E-state index in [1.807, 2.05) is 0 Å². The lowest BCUT2D eigenvalue weighted by atomic mass is 10.4. The van der Waals surface area contributed by atoms with Crippen LogP contribution in [-0.2, 0) is 4.74 Å². The van der Waals surface area contributed by atoms with E-state index >= 15 is 0 Å². The highest BCUT2D eigenvalue weighted by Gasteiger charge is 2.12. The summed E-state index contributed by atoms with van der Waals surface area (Å²) in [6, 6.07) is 1.66. The van der Waals surface area contributed by atoms with Crippen molar-refractivity contribution in [3.05, 3.63) is 35.6 Å².